The molecule has 0 bridgehead atoms. The molecule has 0 unspecified atom stereocenters. The zero-order chi connectivity index (χ0) is 20.0. The summed E-state index contributed by atoms with van der Waals surface area (Å²) >= 11 is 1.66. The first-order chi connectivity index (χ1) is 14.1. The third kappa shape index (κ3) is 3.22. The normalized spacial score (nSPS) is 15.4. The van der Waals surface area contributed by atoms with Crippen LogP contribution in [0.1, 0.15) is 21.1 Å². The van der Waals surface area contributed by atoms with Gasteiger partial charge in [-0.25, -0.2) is 9.50 Å². The average molecular weight is 408 g/mol. The van der Waals surface area contributed by atoms with Crippen LogP contribution in [0.25, 0.3) is 16.6 Å². The van der Waals surface area contributed by atoms with Gasteiger partial charge >= 0.3 is 0 Å². The van der Waals surface area contributed by atoms with Gasteiger partial charge in [0.2, 0.25) is 0 Å². The monoisotopic (exact) mass is 408 g/mol. The van der Waals surface area contributed by atoms with Gasteiger partial charge in [-0.1, -0.05) is 12.1 Å². The van der Waals surface area contributed by atoms with Gasteiger partial charge in [0.1, 0.15) is 11.2 Å². The molecule has 1 saturated heterocycles. The van der Waals surface area contributed by atoms with E-state index in [9.17, 15) is 9.59 Å². The highest BCUT2D eigenvalue weighted by Crippen LogP contribution is 2.18. The number of hydrogen-bond donors (Lipinski definition) is 1. The summed E-state index contributed by atoms with van der Waals surface area (Å²) in [6.45, 7) is 5.67. The van der Waals surface area contributed by atoms with E-state index in [0.29, 0.717) is 35.2 Å². The third-order valence-corrected chi connectivity index (χ3v) is 6.14. The van der Waals surface area contributed by atoms with Crippen molar-refractivity contribution < 1.29 is 4.79 Å². The number of thiazole rings is 1. The van der Waals surface area contributed by atoms with Crippen molar-refractivity contribution in [1.29, 1.82) is 0 Å². The van der Waals surface area contributed by atoms with E-state index in [2.05, 4.69) is 25.3 Å². The predicted octanol–water partition coefficient (Wildman–Crippen LogP) is 1.90. The van der Waals surface area contributed by atoms with Gasteiger partial charge in [0, 0.05) is 38.1 Å². The SMILES string of the molecule is Cc1nc(CN2CCN(C(=O)c3cnn4c3[nH]c(=O)c3ccccc34)CC2)cs1. The van der Waals surface area contributed by atoms with Crippen LogP contribution in [0, 0.1) is 6.92 Å². The summed E-state index contributed by atoms with van der Waals surface area (Å²) in [7, 11) is 0. The van der Waals surface area contributed by atoms with Crippen LogP contribution in [0.3, 0.4) is 0 Å². The number of piperazine rings is 1. The summed E-state index contributed by atoms with van der Waals surface area (Å²) in [5.74, 6) is -0.102. The van der Waals surface area contributed by atoms with Crippen LogP contribution in [0.4, 0.5) is 0 Å². The van der Waals surface area contributed by atoms with Crippen molar-refractivity contribution in [1.82, 2.24) is 29.4 Å². The molecule has 0 atom stereocenters. The number of carbonyl (C=O) groups excluding carboxylic acids is 1. The number of aromatic amines is 1. The fraction of sp³-hybridized carbons (Fsp3) is 0.300. The van der Waals surface area contributed by atoms with E-state index in [-0.39, 0.29) is 11.5 Å². The molecule has 3 aromatic heterocycles. The molecule has 1 amide bonds. The molecule has 1 N–H and O–H groups in total. The Morgan fingerprint density at radius 1 is 1.21 bits per heavy atom. The van der Waals surface area contributed by atoms with Crippen LogP contribution in [0.15, 0.2) is 40.6 Å². The van der Waals surface area contributed by atoms with Gasteiger partial charge in [0.25, 0.3) is 11.5 Å². The van der Waals surface area contributed by atoms with Crippen molar-refractivity contribution in [3.8, 4) is 0 Å². The molecule has 8 nitrogen and oxygen atoms in total. The number of aryl methyl sites for hydroxylation is 1. The minimum atomic E-state index is -0.217. The number of aromatic nitrogens is 4. The smallest absolute Gasteiger partial charge is 0.259 e. The van der Waals surface area contributed by atoms with Gasteiger partial charge < -0.3 is 9.88 Å². The Hall–Kier alpha value is -3.04. The van der Waals surface area contributed by atoms with E-state index >= 15 is 0 Å². The molecule has 0 aliphatic carbocycles. The van der Waals surface area contributed by atoms with Gasteiger partial charge in [0.05, 0.1) is 27.8 Å². The number of amides is 1. The lowest BCUT2D eigenvalue weighted by Crippen LogP contribution is -2.48. The molecule has 1 aliphatic heterocycles. The van der Waals surface area contributed by atoms with E-state index in [1.165, 1.54) is 0 Å². The van der Waals surface area contributed by atoms with E-state index in [1.54, 1.807) is 28.1 Å². The van der Waals surface area contributed by atoms with Gasteiger partial charge in [-0.05, 0) is 19.1 Å². The van der Waals surface area contributed by atoms with Gasteiger partial charge in [0.15, 0.2) is 0 Å². The molecule has 1 aliphatic rings. The number of hydrogen-bond acceptors (Lipinski definition) is 6. The molecular weight excluding hydrogens is 388 g/mol. The van der Waals surface area contributed by atoms with Crippen LogP contribution in [0.5, 0.6) is 0 Å². The summed E-state index contributed by atoms with van der Waals surface area (Å²) in [5, 5.41) is 8.07. The molecule has 0 saturated carbocycles. The Morgan fingerprint density at radius 3 is 2.76 bits per heavy atom. The highest BCUT2D eigenvalue weighted by molar-refractivity contribution is 7.09. The molecule has 29 heavy (non-hydrogen) atoms. The molecule has 4 aromatic rings. The quantitative estimate of drug-likeness (QED) is 0.560. The van der Waals surface area contributed by atoms with Crippen LogP contribution in [-0.2, 0) is 6.54 Å². The zero-order valence-corrected chi connectivity index (χ0v) is 16.8. The van der Waals surface area contributed by atoms with Crippen LogP contribution in [-0.4, -0.2) is 61.5 Å². The number of fused-ring (bicyclic) bond motifs is 3. The Labute approximate surface area is 170 Å². The van der Waals surface area contributed by atoms with Gasteiger partial charge in [-0.2, -0.15) is 5.10 Å². The Balaban J connectivity index is 1.36. The van der Waals surface area contributed by atoms with E-state index in [0.717, 1.165) is 30.3 Å². The Kier molecular flexibility index (Phi) is 4.40. The molecule has 1 fully saturated rings. The Morgan fingerprint density at radius 2 is 2.00 bits per heavy atom. The first kappa shape index (κ1) is 18.0. The number of nitrogens with one attached hydrogen (secondary N) is 1. The largest absolute Gasteiger partial charge is 0.336 e. The molecule has 148 valence electrons. The number of rotatable bonds is 3. The highest BCUT2D eigenvalue weighted by atomic mass is 32.1. The lowest BCUT2D eigenvalue weighted by atomic mass is 10.2. The summed E-state index contributed by atoms with van der Waals surface area (Å²) < 4.78 is 1.63. The summed E-state index contributed by atoms with van der Waals surface area (Å²) in [4.78, 5) is 37.0. The van der Waals surface area contributed by atoms with Crippen LogP contribution >= 0.6 is 11.3 Å². The van der Waals surface area contributed by atoms with Crippen molar-refractivity contribution in [3.05, 3.63) is 62.5 Å². The highest BCUT2D eigenvalue weighted by Gasteiger charge is 2.25. The number of para-hydroxylation sites is 1. The molecular formula is C20H20N6O2S. The van der Waals surface area contributed by atoms with E-state index in [1.807, 2.05) is 30.0 Å². The summed E-state index contributed by atoms with van der Waals surface area (Å²) in [6.07, 6.45) is 1.55. The van der Waals surface area contributed by atoms with Crippen LogP contribution < -0.4 is 5.56 Å². The number of carbonyl (C=O) groups is 1. The predicted molar refractivity (Wildman–Crippen MR) is 111 cm³/mol. The molecule has 0 spiro atoms. The minimum Gasteiger partial charge on any atom is -0.336 e. The van der Waals surface area contributed by atoms with Crippen molar-refractivity contribution in [2.24, 2.45) is 0 Å². The van der Waals surface area contributed by atoms with Crippen molar-refractivity contribution in [3.63, 3.8) is 0 Å². The molecule has 5 rings (SSSR count). The third-order valence-electron chi connectivity index (χ3n) is 5.32. The first-order valence-electron chi connectivity index (χ1n) is 9.51. The maximum atomic E-state index is 13.1. The first-order valence-corrected chi connectivity index (χ1v) is 10.4. The molecule has 1 aromatic carbocycles. The summed E-state index contributed by atoms with van der Waals surface area (Å²) in [5.41, 5.74) is 2.43. The lowest BCUT2D eigenvalue weighted by molar-refractivity contribution is 0.0629. The lowest BCUT2D eigenvalue weighted by Gasteiger charge is -2.34. The zero-order valence-electron chi connectivity index (χ0n) is 16.0. The van der Waals surface area contributed by atoms with E-state index in [4.69, 9.17) is 0 Å². The maximum absolute atomic E-state index is 13.1. The molecule has 4 heterocycles. The minimum absolute atomic E-state index is 0.102. The second-order valence-corrected chi connectivity index (χ2v) is 8.28. The number of nitrogens with zero attached hydrogens (tertiary/aromatic N) is 5. The van der Waals surface area contributed by atoms with Gasteiger partial charge in [-0.15, -0.1) is 11.3 Å². The van der Waals surface area contributed by atoms with Crippen molar-refractivity contribution in [2.75, 3.05) is 26.2 Å². The molecule has 9 heteroatoms. The van der Waals surface area contributed by atoms with Crippen molar-refractivity contribution in [2.45, 2.75) is 13.5 Å². The standard InChI is InChI=1S/C20H20N6O2S/c1-13-22-14(12-29-13)11-24-6-8-25(9-7-24)20(28)16-10-21-26-17-5-3-2-4-15(17)19(27)23-18(16)26/h2-5,10,12H,6-9,11H2,1H3,(H,23,27). The summed E-state index contributed by atoms with van der Waals surface area (Å²) in [6, 6.07) is 7.25. The van der Waals surface area contributed by atoms with E-state index < -0.39 is 0 Å². The van der Waals surface area contributed by atoms with Crippen molar-refractivity contribution >= 4 is 33.8 Å². The fourth-order valence-corrected chi connectivity index (χ4v) is 4.43. The van der Waals surface area contributed by atoms with Crippen LogP contribution in [0.2, 0.25) is 0 Å². The number of benzene rings is 1. The average Bonchev–Trinajstić information content (AvgIpc) is 3.34. The second kappa shape index (κ2) is 7.09. The van der Waals surface area contributed by atoms with Gasteiger partial charge in [-0.3, -0.25) is 14.5 Å². The second-order valence-electron chi connectivity index (χ2n) is 7.22. The maximum Gasteiger partial charge on any atom is 0.259 e. The molecule has 0 radical (unpaired) electrons. The fourth-order valence-electron chi connectivity index (χ4n) is 3.82. The topological polar surface area (TPSA) is 86.6 Å². The Bertz CT molecular complexity index is 1260. The number of H-pyrrole nitrogens is 1.